The van der Waals surface area contributed by atoms with Gasteiger partial charge < -0.3 is 9.47 Å². The van der Waals surface area contributed by atoms with Crippen molar-refractivity contribution < 1.29 is 9.47 Å². The van der Waals surface area contributed by atoms with E-state index in [0.717, 1.165) is 26.3 Å². The first-order valence-electron chi connectivity index (χ1n) is 7.25. The van der Waals surface area contributed by atoms with Crippen LogP contribution < -0.4 is 0 Å². The quantitative estimate of drug-likeness (QED) is 0.729. The van der Waals surface area contributed by atoms with Gasteiger partial charge in [0.05, 0.1) is 0 Å². The van der Waals surface area contributed by atoms with Gasteiger partial charge in [0.25, 0.3) is 0 Å². The molecule has 0 N–H and O–H groups in total. The Balaban J connectivity index is 2.59. The average Bonchev–Trinajstić information content (AvgIpc) is 2.28. The van der Waals surface area contributed by atoms with Crippen molar-refractivity contribution in [3.63, 3.8) is 0 Å². The van der Waals surface area contributed by atoms with Crippen LogP contribution in [0.2, 0.25) is 0 Å². The Morgan fingerprint density at radius 3 is 1.83 bits per heavy atom. The Labute approximate surface area is 112 Å². The Kier molecular flexibility index (Phi) is 6.57. The van der Waals surface area contributed by atoms with Crippen molar-refractivity contribution in [1.29, 1.82) is 0 Å². The van der Waals surface area contributed by atoms with Crippen LogP contribution >= 0.6 is 0 Å². The maximum absolute atomic E-state index is 5.74. The maximum atomic E-state index is 5.74. The highest BCUT2D eigenvalue weighted by Gasteiger charge is 2.34. The lowest BCUT2D eigenvalue weighted by Crippen LogP contribution is -2.61. The van der Waals surface area contributed by atoms with Crippen molar-refractivity contribution in [2.75, 3.05) is 26.3 Å². The molecule has 0 aliphatic carbocycles. The van der Waals surface area contributed by atoms with E-state index in [1.807, 2.05) is 0 Å². The molecule has 0 aromatic carbocycles. The van der Waals surface area contributed by atoms with Gasteiger partial charge >= 0.3 is 0 Å². The molecular formula is C14H30N2O2. The van der Waals surface area contributed by atoms with E-state index in [-0.39, 0.29) is 12.5 Å². The molecular weight excluding hydrogens is 228 g/mol. The summed E-state index contributed by atoms with van der Waals surface area (Å²) in [5.74, 6) is 0. The maximum Gasteiger partial charge on any atom is 0.108 e. The molecule has 4 heteroatoms. The van der Waals surface area contributed by atoms with Gasteiger partial charge in [-0.15, -0.1) is 0 Å². The minimum Gasteiger partial charge on any atom is -0.364 e. The van der Waals surface area contributed by atoms with Crippen LogP contribution in [0.3, 0.4) is 0 Å². The summed E-state index contributed by atoms with van der Waals surface area (Å²) in [6.45, 7) is 16.6. The molecule has 4 nitrogen and oxygen atoms in total. The van der Waals surface area contributed by atoms with Gasteiger partial charge in [0, 0.05) is 38.4 Å². The van der Waals surface area contributed by atoms with Gasteiger partial charge in [-0.1, -0.05) is 0 Å². The van der Waals surface area contributed by atoms with Crippen molar-refractivity contribution in [2.45, 2.75) is 66.1 Å². The zero-order chi connectivity index (χ0) is 13.7. The van der Waals surface area contributed by atoms with Gasteiger partial charge in [-0.2, -0.15) is 0 Å². The second kappa shape index (κ2) is 7.43. The van der Waals surface area contributed by atoms with Crippen molar-refractivity contribution in [3.8, 4) is 0 Å². The van der Waals surface area contributed by atoms with Crippen LogP contribution in [-0.2, 0) is 9.47 Å². The lowest BCUT2D eigenvalue weighted by molar-refractivity contribution is -0.137. The molecule has 1 aliphatic rings. The van der Waals surface area contributed by atoms with Crippen LogP contribution in [0, 0.1) is 0 Å². The number of nitrogens with zero attached hydrogens (tertiary/aromatic N) is 2. The molecule has 0 radical (unpaired) electrons. The number of piperazine rings is 1. The molecule has 1 saturated heterocycles. The topological polar surface area (TPSA) is 24.9 Å². The standard InChI is InChI=1S/C14H30N2O2/c1-7-17-13(5)15-9-11(3)16(12(4)10-15)14(6)18-8-2/h11-14H,7-10H2,1-6H3. The predicted octanol–water partition coefficient (Wildman–Crippen LogP) is 2.15. The van der Waals surface area contributed by atoms with Crippen LogP contribution in [0.15, 0.2) is 0 Å². The zero-order valence-corrected chi connectivity index (χ0v) is 12.8. The molecule has 1 heterocycles. The van der Waals surface area contributed by atoms with Crippen molar-refractivity contribution in [3.05, 3.63) is 0 Å². The van der Waals surface area contributed by atoms with E-state index in [1.165, 1.54) is 0 Å². The highest BCUT2D eigenvalue weighted by molar-refractivity contribution is 4.86. The van der Waals surface area contributed by atoms with E-state index < -0.39 is 0 Å². The molecule has 108 valence electrons. The molecule has 0 aromatic heterocycles. The zero-order valence-electron chi connectivity index (χ0n) is 12.8. The Morgan fingerprint density at radius 2 is 1.39 bits per heavy atom. The van der Waals surface area contributed by atoms with E-state index >= 15 is 0 Å². The lowest BCUT2D eigenvalue weighted by atomic mass is 10.1. The number of rotatable bonds is 6. The first-order valence-corrected chi connectivity index (χ1v) is 7.25. The summed E-state index contributed by atoms with van der Waals surface area (Å²) in [5.41, 5.74) is 0. The molecule has 0 bridgehead atoms. The van der Waals surface area contributed by atoms with Gasteiger partial charge in [-0.05, 0) is 41.5 Å². The highest BCUT2D eigenvalue weighted by Crippen LogP contribution is 2.21. The first-order chi connectivity index (χ1) is 8.51. The Bertz CT molecular complexity index is 226. The molecule has 0 amide bonds. The SMILES string of the molecule is CCOC(C)N1CC(C)N(C(C)OCC)C(C)C1. The molecule has 18 heavy (non-hydrogen) atoms. The smallest absolute Gasteiger partial charge is 0.108 e. The summed E-state index contributed by atoms with van der Waals surface area (Å²) in [4.78, 5) is 4.90. The normalized spacial score (nSPS) is 30.3. The van der Waals surface area contributed by atoms with Crippen LogP contribution in [-0.4, -0.2) is 60.6 Å². The molecule has 0 spiro atoms. The summed E-state index contributed by atoms with van der Waals surface area (Å²) in [6, 6.07) is 0.997. The van der Waals surface area contributed by atoms with Crippen molar-refractivity contribution in [1.82, 2.24) is 9.80 Å². The van der Waals surface area contributed by atoms with Gasteiger partial charge in [-0.25, -0.2) is 0 Å². The minimum atomic E-state index is 0.199. The summed E-state index contributed by atoms with van der Waals surface area (Å²) < 4.78 is 11.4. The third kappa shape index (κ3) is 3.92. The van der Waals surface area contributed by atoms with Gasteiger partial charge in [-0.3, -0.25) is 9.80 Å². The van der Waals surface area contributed by atoms with Crippen LogP contribution in [0.4, 0.5) is 0 Å². The molecule has 1 aliphatic heterocycles. The van der Waals surface area contributed by atoms with Gasteiger partial charge in [0.2, 0.25) is 0 Å². The van der Waals surface area contributed by atoms with Crippen molar-refractivity contribution >= 4 is 0 Å². The number of hydrogen-bond donors (Lipinski definition) is 0. The fraction of sp³-hybridized carbons (Fsp3) is 1.00. The fourth-order valence-electron chi connectivity index (χ4n) is 3.06. The van der Waals surface area contributed by atoms with E-state index in [4.69, 9.17) is 9.47 Å². The fourth-order valence-corrected chi connectivity index (χ4v) is 3.06. The second-order valence-electron chi connectivity index (χ2n) is 5.21. The third-order valence-corrected chi connectivity index (χ3v) is 3.77. The van der Waals surface area contributed by atoms with E-state index in [0.29, 0.717) is 12.1 Å². The monoisotopic (exact) mass is 258 g/mol. The van der Waals surface area contributed by atoms with E-state index in [1.54, 1.807) is 0 Å². The highest BCUT2D eigenvalue weighted by atomic mass is 16.5. The summed E-state index contributed by atoms with van der Waals surface area (Å²) in [6.07, 6.45) is 0.411. The Hall–Kier alpha value is -0.160. The molecule has 1 rings (SSSR count). The number of hydrogen-bond acceptors (Lipinski definition) is 4. The average molecular weight is 258 g/mol. The minimum absolute atomic E-state index is 0.199. The van der Waals surface area contributed by atoms with Crippen LogP contribution in [0.25, 0.3) is 0 Å². The number of ether oxygens (including phenoxy) is 2. The molecule has 4 atom stereocenters. The molecule has 1 fully saturated rings. The Morgan fingerprint density at radius 1 is 0.944 bits per heavy atom. The summed E-state index contributed by atoms with van der Waals surface area (Å²) in [7, 11) is 0. The third-order valence-electron chi connectivity index (χ3n) is 3.77. The van der Waals surface area contributed by atoms with E-state index in [9.17, 15) is 0 Å². The van der Waals surface area contributed by atoms with Gasteiger partial charge in [0.15, 0.2) is 0 Å². The predicted molar refractivity (Wildman–Crippen MR) is 74.5 cm³/mol. The van der Waals surface area contributed by atoms with Gasteiger partial charge in [0.1, 0.15) is 12.5 Å². The molecule has 4 unspecified atom stereocenters. The largest absolute Gasteiger partial charge is 0.364 e. The van der Waals surface area contributed by atoms with Crippen molar-refractivity contribution in [2.24, 2.45) is 0 Å². The van der Waals surface area contributed by atoms with Crippen LogP contribution in [0.1, 0.15) is 41.5 Å². The van der Waals surface area contributed by atoms with Crippen LogP contribution in [0.5, 0.6) is 0 Å². The lowest BCUT2D eigenvalue weighted by Gasteiger charge is -2.48. The molecule has 0 aromatic rings. The molecule has 0 saturated carbocycles. The van der Waals surface area contributed by atoms with E-state index in [2.05, 4.69) is 51.3 Å². The summed E-state index contributed by atoms with van der Waals surface area (Å²) in [5, 5.41) is 0. The second-order valence-corrected chi connectivity index (χ2v) is 5.21. The first kappa shape index (κ1) is 15.9. The summed E-state index contributed by atoms with van der Waals surface area (Å²) >= 11 is 0.